The van der Waals surface area contributed by atoms with Crippen molar-refractivity contribution < 1.29 is 4.74 Å². The number of rotatable bonds is 2. The highest BCUT2D eigenvalue weighted by Crippen LogP contribution is 2.28. The predicted molar refractivity (Wildman–Crippen MR) is 53.2 cm³/mol. The van der Waals surface area contributed by atoms with E-state index in [1.165, 1.54) is 0 Å². The van der Waals surface area contributed by atoms with Crippen molar-refractivity contribution in [3.63, 3.8) is 0 Å². The number of benzene rings is 1. The quantitative estimate of drug-likeness (QED) is 0.703. The zero-order valence-corrected chi connectivity index (χ0v) is 8.39. The molecule has 0 saturated heterocycles. The molecule has 12 heavy (non-hydrogen) atoms. The van der Waals surface area contributed by atoms with Gasteiger partial charge in [0.25, 0.3) is 0 Å². The SMILES string of the molecule is C#CCc1cccc(OC)c1Br. The van der Waals surface area contributed by atoms with Gasteiger partial charge in [-0.2, -0.15) is 0 Å². The Morgan fingerprint density at radius 2 is 2.33 bits per heavy atom. The molecule has 62 valence electrons. The van der Waals surface area contributed by atoms with Gasteiger partial charge in [-0.3, -0.25) is 0 Å². The highest BCUT2D eigenvalue weighted by atomic mass is 79.9. The summed E-state index contributed by atoms with van der Waals surface area (Å²) in [7, 11) is 1.64. The number of methoxy groups -OCH3 is 1. The van der Waals surface area contributed by atoms with Crippen LogP contribution >= 0.6 is 15.9 Å². The lowest BCUT2D eigenvalue weighted by Crippen LogP contribution is -1.89. The predicted octanol–water partition coefficient (Wildman–Crippen LogP) is 2.63. The molecule has 0 aliphatic heterocycles. The molecule has 1 nitrogen and oxygen atoms in total. The number of terminal acetylenes is 1. The Kier molecular flexibility index (Phi) is 3.19. The van der Waals surface area contributed by atoms with E-state index in [2.05, 4.69) is 21.9 Å². The molecule has 1 rings (SSSR count). The summed E-state index contributed by atoms with van der Waals surface area (Å²) in [4.78, 5) is 0. The van der Waals surface area contributed by atoms with Crippen molar-refractivity contribution in [2.45, 2.75) is 6.42 Å². The molecule has 0 saturated carbocycles. The van der Waals surface area contributed by atoms with E-state index in [1.807, 2.05) is 18.2 Å². The van der Waals surface area contributed by atoms with Gasteiger partial charge in [0.1, 0.15) is 5.75 Å². The molecule has 0 aliphatic rings. The minimum atomic E-state index is 0.623. The highest BCUT2D eigenvalue weighted by molar-refractivity contribution is 9.10. The minimum Gasteiger partial charge on any atom is -0.496 e. The van der Waals surface area contributed by atoms with E-state index in [4.69, 9.17) is 11.2 Å². The van der Waals surface area contributed by atoms with Crippen LogP contribution in [0.4, 0.5) is 0 Å². The Hall–Kier alpha value is -0.940. The fourth-order valence-corrected chi connectivity index (χ4v) is 1.53. The second-order valence-electron chi connectivity index (χ2n) is 2.31. The van der Waals surface area contributed by atoms with Crippen LogP contribution in [0.25, 0.3) is 0 Å². The van der Waals surface area contributed by atoms with Gasteiger partial charge in [-0.15, -0.1) is 12.3 Å². The lowest BCUT2D eigenvalue weighted by molar-refractivity contribution is 0.411. The third kappa shape index (κ3) is 1.80. The van der Waals surface area contributed by atoms with Crippen molar-refractivity contribution >= 4 is 15.9 Å². The van der Waals surface area contributed by atoms with E-state index in [-0.39, 0.29) is 0 Å². The molecular formula is C10H9BrO. The Morgan fingerprint density at radius 1 is 1.58 bits per heavy atom. The molecule has 0 fully saturated rings. The summed E-state index contributed by atoms with van der Waals surface area (Å²) in [6.45, 7) is 0. The van der Waals surface area contributed by atoms with Crippen molar-refractivity contribution in [1.82, 2.24) is 0 Å². The Balaban J connectivity index is 3.07. The molecule has 1 aromatic rings. The van der Waals surface area contributed by atoms with Crippen molar-refractivity contribution in [2.24, 2.45) is 0 Å². The van der Waals surface area contributed by atoms with Crippen LogP contribution in [0.3, 0.4) is 0 Å². The Bertz CT molecular complexity index is 312. The zero-order chi connectivity index (χ0) is 8.97. The van der Waals surface area contributed by atoms with E-state index in [0.717, 1.165) is 15.8 Å². The Morgan fingerprint density at radius 3 is 2.92 bits per heavy atom. The van der Waals surface area contributed by atoms with E-state index in [0.29, 0.717) is 6.42 Å². The van der Waals surface area contributed by atoms with Gasteiger partial charge in [0.15, 0.2) is 0 Å². The van der Waals surface area contributed by atoms with Crippen molar-refractivity contribution in [2.75, 3.05) is 7.11 Å². The van der Waals surface area contributed by atoms with Crippen molar-refractivity contribution in [3.05, 3.63) is 28.2 Å². The molecule has 0 heterocycles. The summed E-state index contributed by atoms with van der Waals surface area (Å²) in [5.41, 5.74) is 1.08. The van der Waals surface area contributed by atoms with Gasteiger partial charge in [-0.05, 0) is 27.6 Å². The lowest BCUT2D eigenvalue weighted by atomic mass is 10.1. The molecule has 2 heteroatoms. The van der Waals surface area contributed by atoms with Crippen LogP contribution in [-0.2, 0) is 6.42 Å². The largest absolute Gasteiger partial charge is 0.496 e. The Labute approximate surface area is 80.9 Å². The molecule has 0 amide bonds. The number of hydrogen-bond acceptors (Lipinski definition) is 1. The minimum absolute atomic E-state index is 0.623. The summed E-state index contributed by atoms with van der Waals surface area (Å²) in [5, 5.41) is 0. The van der Waals surface area contributed by atoms with Crippen molar-refractivity contribution in [3.8, 4) is 18.1 Å². The molecule has 0 spiro atoms. The van der Waals surface area contributed by atoms with Crippen LogP contribution in [0.15, 0.2) is 22.7 Å². The summed E-state index contributed by atoms with van der Waals surface area (Å²) >= 11 is 3.42. The van der Waals surface area contributed by atoms with Gasteiger partial charge < -0.3 is 4.74 Å². The molecule has 0 unspecified atom stereocenters. The third-order valence-corrected chi connectivity index (χ3v) is 2.46. The first-order valence-electron chi connectivity index (χ1n) is 3.54. The smallest absolute Gasteiger partial charge is 0.133 e. The summed E-state index contributed by atoms with van der Waals surface area (Å²) in [6.07, 6.45) is 5.83. The second kappa shape index (κ2) is 4.18. The number of ether oxygens (including phenoxy) is 1. The molecule has 1 aromatic carbocycles. The van der Waals surface area contributed by atoms with Gasteiger partial charge in [-0.1, -0.05) is 12.1 Å². The zero-order valence-electron chi connectivity index (χ0n) is 6.80. The van der Waals surface area contributed by atoms with Crippen LogP contribution < -0.4 is 4.74 Å². The van der Waals surface area contributed by atoms with Crippen LogP contribution in [0.1, 0.15) is 5.56 Å². The molecule has 0 aromatic heterocycles. The normalized spacial score (nSPS) is 9.08. The van der Waals surface area contributed by atoms with Gasteiger partial charge in [0.05, 0.1) is 11.6 Å². The highest BCUT2D eigenvalue weighted by Gasteiger charge is 2.03. The molecular weight excluding hydrogens is 216 g/mol. The van der Waals surface area contributed by atoms with Crippen LogP contribution in [0, 0.1) is 12.3 Å². The number of hydrogen-bond donors (Lipinski definition) is 0. The fraction of sp³-hybridized carbons (Fsp3) is 0.200. The number of halogens is 1. The first-order valence-corrected chi connectivity index (χ1v) is 4.33. The molecule has 0 radical (unpaired) electrons. The first kappa shape index (κ1) is 9.15. The summed E-state index contributed by atoms with van der Waals surface area (Å²) in [5.74, 6) is 3.41. The van der Waals surface area contributed by atoms with E-state index >= 15 is 0 Å². The second-order valence-corrected chi connectivity index (χ2v) is 3.11. The van der Waals surface area contributed by atoms with Gasteiger partial charge in [0.2, 0.25) is 0 Å². The summed E-state index contributed by atoms with van der Waals surface area (Å²) < 4.78 is 6.07. The molecule has 0 N–H and O–H groups in total. The first-order chi connectivity index (χ1) is 5.79. The van der Waals surface area contributed by atoms with Crippen LogP contribution in [0.2, 0.25) is 0 Å². The summed E-state index contributed by atoms with van der Waals surface area (Å²) in [6, 6.07) is 5.80. The van der Waals surface area contributed by atoms with Crippen LogP contribution in [0.5, 0.6) is 5.75 Å². The van der Waals surface area contributed by atoms with Gasteiger partial charge in [-0.25, -0.2) is 0 Å². The monoisotopic (exact) mass is 224 g/mol. The van der Waals surface area contributed by atoms with Gasteiger partial charge >= 0.3 is 0 Å². The molecule has 0 aliphatic carbocycles. The third-order valence-electron chi connectivity index (χ3n) is 1.56. The maximum atomic E-state index is 5.21. The fourth-order valence-electron chi connectivity index (χ4n) is 0.960. The van der Waals surface area contributed by atoms with E-state index in [9.17, 15) is 0 Å². The average Bonchev–Trinajstić information content (AvgIpc) is 2.09. The van der Waals surface area contributed by atoms with E-state index in [1.54, 1.807) is 7.11 Å². The maximum absolute atomic E-state index is 5.21. The molecule has 0 bridgehead atoms. The van der Waals surface area contributed by atoms with Crippen molar-refractivity contribution in [1.29, 1.82) is 0 Å². The maximum Gasteiger partial charge on any atom is 0.133 e. The van der Waals surface area contributed by atoms with Gasteiger partial charge in [0, 0.05) is 6.42 Å². The van der Waals surface area contributed by atoms with E-state index < -0.39 is 0 Å². The topological polar surface area (TPSA) is 9.23 Å². The lowest BCUT2D eigenvalue weighted by Gasteiger charge is -2.05. The molecule has 0 atom stereocenters. The standard InChI is InChI=1S/C10H9BrO/c1-3-5-8-6-4-7-9(12-2)10(8)11/h1,4,6-7H,5H2,2H3. The van der Waals surface area contributed by atoms with Crippen LogP contribution in [-0.4, -0.2) is 7.11 Å². The average molecular weight is 225 g/mol.